The molecule has 0 N–H and O–H groups in total. The van der Waals surface area contributed by atoms with Crippen molar-refractivity contribution in [2.45, 2.75) is 38.6 Å². The average Bonchev–Trinajstić information content (AvgIpc) is 3.20. The number of aryl methyl sites for hydroxylation is 3. The highest BCUT2D eigenvalue weighted by Gasteiger charge is 2.22. The van der Waals surface area contributed by atoms with Gasteiger partial charge in [0.25, 0.3) is 5.56 Å². The first kappa shape index (κ1) is 22.2. The van der Waals surface area contributed by atoms with Crippen LogP contribution in [0.5, 0.6) is 0 Å². The fraction of sp³-hybridized carbons (Fsp3) is 0.250. The number of carbonyl (C=O) groups is 1. The topological polar surface area (TPSA) is 68.1 Å². The molecule has 32 heavy (non-hydrogen) atoms. The van der Waals surface area contributed by atoms with Crippen LogP contribution < -0.4 is 10.5 Å². The average molecular weight is 465 g/mol. The number of thiazole rings is 1. The zero-order chi connectivity index (χ0) is 23.0. The number of amides is 1. The van der Waals surface area contributed by atoms with Gasteiger partial charge in [0.1, 0.15) is 0 Å². The van der Waals surface area contributed by atoms with Crippen molar-refractivity contribution in [3.05, 3.63) is 74.5 Å². The summed E-state index contributed by atoms with van der Waals surface area (Å²) in [6.07, 6.45) is 0. The quantitative estimate of drug-likeness (QED) is 0.296. The van der Waals surface area contributed by atoms with E-state index in [1.54, 1.807) is 29.5 Å². The van der Waals surface area contributed by atoms with Gasteiger partial charge in [-0.25, -0.2) is 9.97 Å². The number of fused-ring (bicyclic) bond motifs is 1. The maximum atomic E-state index is 12.6. The Morgan fingerprint density at radius 1 is 1.12 bits per heavy atom. The summed E-state index contributed by atoms with van der Waals surface area (Å²) in [6.45, 7) is 7.64. The number of benzene rings is 2. The van der Waals surface area contributed by atoms with Crippen molar-refractivity contribution in [2.75, 3.05) is 4.90 Å². The van der Waals surface area contributed by atoms with Gasteiger partial charge >= 0.3 is 0 Å². The van der Waals surface area contributed by atoms with Crippen LogP contribution in [0, 0.1) is 20.8 Å². The van der Waals surface area contributed by atoms with Gasteiger partial charge in [-0.05, 0) is 44.0 Å². The minimum Gasteiger partial charge on any atom is -0.290 e. The molecule has 0 fully saturated rings. The van der Waals surface area contributed by atoms with E-state index in [9.17, 15) is 9.59 Å². The fourth-order valence-electron chi connectivity index (χ4n) is 3.84. The lowest BCUT2D eigenvalue weighted by Crippen LogP contribution is -2.24. The summed E-state index contributed by atoms with van der Waals surface area (Å²) < 4.78 is 1.57. The first-order valence-corrected chi connectivity index (χ1v) is 12.0. The highest BCUT2D eigenvalue weighted by Crippen LogP contribution is 2.35. The van der Waals surface area contributed by atoms with Crippen LogP contribution in [0.1, 0.15) is 29.3 Å². The molecule has 0 aliphatic rings. The maximum Gasteiger partial charge on any atom is 0.261 e. The standard InChI is InChI=1S/C24H24N4O2S2/c1-14-10-15(2)21(16(3)11-14)28(17(4)29)24-25-18(13-32-24)12-31-23-26-20-9-7-6-8-19(20)22(30)27(23)5/h6-11,13H,12H2,1-5H3. The number of nitrogens with zero attached hydrogens (tertiary/aromatic N) is 4. The lowest BCUT2D eigenvalue weighted by atomic mass is 10.0. The Kier molecular flexibility index (Phi) is 6.17. The molecule has 0 atom stereocenters. The number of thioether (sulfide) groups is 1. The van der Waals surface area contributed by atoms with Gasteiger partial charge in [-0.2, -0.15) is 0 Å². The number of para-hydroxylation sites is 1. The van der Waals surface area contributed by atoms with Crippen LogP contribution in [0.15, 0.2) is 51.7 Å². The van der Waals surface area contributed by atoms with Gasteiger partial charge in [0, 0.05) is 25.1 Å². The van der Waals surface area contributed by atoms with E-state index >= 15 is 0 Å². The van der Waals surface area contributed by atoms with E-state index in [2.05, 4.69) is 24.0 Å². The summed E-state index contributed by atoms with van der Waals surface area (Å²) in [5.74, 6) is 0.472. The zero-order valence-electron chi connectivity index (χ0n) is 18.7. The van der Waals surface area contributed by atoms with Crippen molar-refractivity contribution in [3.63, 3.8) is 0 Å². The molecule has 0 saturated heterocycles. The number of hydrogen-bond acceptors (Lipinski definition) is 6. The Balaban J connectivity index is 1.62. The van der Waals surface area contributed by atoms with Crippen molar-refractivity contribution in [1.82, 2.24) is 14.5 Å². The minimum absolute atomic E-state index is 0.0647. The van der Waals surface area contributed by atoms with Crippen LogP contribution in [0.3, 0.4) is 0 Å². The molecule has 2 aromatic heterocycles. The minimum atomic E-state index is -0.0767. The number of rotatable bonds is 5. The molecule has 0 spiro atoms. The highest BCUT2D eigenvalue weighted by molar-refractivity contribution is 7.98. The Labute approximate surface area is 194 Å². The number of anilines is 2. The zero-order valence-corrected chi connectivity index (χ0v) is 20.3. The molecule has 0 aliphatic carbocycles. The lowest BCUT2D eigenvalue weighted by Gasteiger charge is -2.23. The predicted octanol–water partition coefficient (Wildman–Crippen LogP) is 5.29. The molecule has 4 aromatic rings. The van der Waals surface area contributed by atoms with E-state index in [0.717, 1.165) is 28.1 Å². The third-order valence-electron chi connectivity index (χ3n) is 5.20. The number of hydrogen-bond donors (Lipinski definition) is 0. The fourth-order valence-corrected chi connectivity index (χ4v) is 5.69. The van der Waals surface area contributed by atoms with Gasteiger partial charge in [0.2, 0.25) is 5.91 Å². The third-order valence-corrected chi connectivity index (χ3v) is 7.13. The van der Waals surface area contributed by atoms with Gasteiger partial charge in [-0.1, -0.05) is 41.6 Å². The van der Waals surface area contributed by atoms with Crippen molar-refractivity contribution < 1.29 is 4.79 Å². The van der Waals surface area contributed by atoms with Crippen LogP contribution >= 0.6 is 23.1 Å². The number of aromatic nitrogens is 3. The Hall–Kier alpha value is -2.97. The maximum absolute atomic E-state index is 12.6. The summed E-state index contributed by atoms with van der Waals surface area (Å²) in [6, 6.07) is 11.5. The monoisotopic (exact) mass is 464 g/mol. The molecule has 6 nitrogen and oxygen atoms in total. The van der Waals surface area contributed by atoms with Crippen molar-refractivity contribution in [2.24, 2.45) is 7.05 Å². The number of carbonyl (C=O) groups excluding carboxylic acids is 1. The van der Waals surface area contributed by atoms with E-state index in [4.69, 9.17) is 4.98 Å². The molecule has 0 unspecified atom stereocenters. The van der Waals surface area contributed by atoms with E-state index in [-0.39, 0.29) is 11.5 Å². The largest absolute Gasteiger partial charge is 0.290 e. The second-order valence-corrected chi connectivity index (χ2v) is 9.57. The Morgan fingerprint density at radius 2 is 1.81 bits per heavy atom. The van der Waals surface area contributed by atoms with E-state index in [0.29, 0.717) is 26.9 Å². The van der Waals surface area contributed by atoms with Crippen LogP contribution in [0.25, 0.3) is 10.9 Å². The van der Waals surface area contributed by atoms with E-state index in [1.807, 2.05) is 37.4 Å². The first-order valence-electron chi connectivity index (χ1n) is 10.2. The second kappa shape index (κ2) is 8.88. The summed E-state index contributed by atoms with van der Waals surface area (Å²) in [4.78, 5) is 36.2. The molecule has 0 bridgehead atoms. The molecule has 164 valence electrons. The molecular formula is C24H24N4O2S2. The Bertz CT molecular complexity index is 1370. The van der Waals surface area contributed by atoms with Gasteiger partial charge in [0.15, 0.2) is 10.3 Å². The summed E-state index contributed by atoms with van der Waals surface area (Å²) in [5.41, 5.74) is 5.59. The molecule has 0 aliphatic heterocycles. The van der Waals surface area contributed by atoms with Crippen LogP contribution in [-0.2, 0) is 17.6 Å². The molecule has 8 heteroatoms. The van der Waals surface area contributed by atoms with Crippen LogP contribution in [-0.4, -0.2) is 20.4 Å². The summed E-state index contributed by atoms with van der Waals surface area (Å²) in [5, 5.41) is 3.84. The Morgan fingerprint density at radius 3 is 2.50 bits per heavy atom. The van der Waals surface area contributed by atoms with Crippen molar-refractivity contribution in [1.29, 1.82) is 0 Å². The molecule has 0 radical (unpaired) electrons. The summed E-state index contributed by atoms with van der Waals surface area (Å²) >= 11 is 2.90. The smallest absolute Gasteiger partial charge is 0.261 e. The molecule has 1 amide bonds. The normalized spacial score (nSPS) is 11.2. The molecule has 2 heterocycles. The van der Waals surface area contributed by atoms with Crippen molar-refractivity contribution in [3.8, 4) is 0 Å². The van der Waals surface area contributed by atoms with Crippen LogP contribution in [0.4, 0.5) is 10.8 Å². The van der Waals surface area contributed by atoms with Gasteiger partial charge < -0.3 is 0 Å². The van der Waals surface area contributed by atoms with E-state index in [1.165, 1.54) is 23.1 Å². The lowest BCUT2D eigenvalue weighted by molar-refractivity contribution is -0.115. The molecule has 2 aromatic carbocycles. The summed E-state index contributed by atoms with van der Waals surface area (Å²) in [7, 11) is 1.73. The molecule has 4 rings (SSSR count). The second-order valence-electron chi connectivity index (χ2n) is 7.79. The van der Waals surface area contributed by atoms with Gasteiger partial charge in [-0.3, -0.25) is 19.1 Å². The van der Waals surface area contributed by atoms with Gasteiger partial charge in [0.05, 0.1) is 22.3 Å². The highest BCUT2D eigenvalue weighted by atomic mass is 32.2. The third kappa shape index (κ3) is 4.20. The first-order chi connectivity index (χ1) is 15.3. The molecular weight excluding hydrogens is 440 g/mol. The van der Waals surface area contributed by atoms with E-state index < -0.39 is 0 Å². The van der Waals surface area contributed by atoms with Gasteiger partial charge in [-0.15, -0.1) is 11.3 Å². The van der Waals surface area contributed by atoms with Crippen LogP contribution in [0.2, 0.25) is 0 Å². The predicted molar refractivity (Wildman–Crippen MR) is 132 cm³/mol. The van der Waals surface area contributed by atoms with Crippen molar-refractivity contribution >= 4 is 50.7 Å². The molecule has 0 saturated carbocycles. The SMILES string of the molecule is CC(=O)N(c1nc(CSc2nc3ccccc3c(=O)n2C)cs1)c1c(C)cc(C)cc1C.